The van der Waals surface area contributed by atoms with E-state index in [2.05, 4.69) is 26.1 Å². The molecule has 0 atom stereocenters. The number of hydrogen-bond acceptors (Lipinski definition) is 4. The highest BCUT2D eigenvalue weighted by Gasteiger charge is 2.24. The van der Waals surface area contributed by atoms with Crippen LogP contribution in [0.2, 0.25) is 0 Å². The van der Waals surface area contributed by atoms with Crippen molar-refractivity contribution in [2.24, 2.45) is 0 Å². The molecule has 1 N–H and O–H groups in total. The minimum atomic E-state index is -0.252. The van der Waals surface area contributed by atoms with Gasteiger partial charge in [-0.05, 0) is 22.0 Å². The van der Waals surface area contributed by atoms with E-state index >= 15 is 0 Å². The third-order valence-corrected chi connectivity index (χ3v) is 3.93. The van der Waals surface area contributed by atoms with Gasteiger partial charge in [-0.25, -0.2) is 4.39 Å². The summed E-state index contributed by atoms with van der Waals surface area (Å²) in [7, 11) is 0. The lowest BCUT2D eigenvalue weighted by molar-refractivity contribution is 0.173. The number of fused-ring (bicyclic) bond motifs is 1. The van der Waals surface area contributed by atoms with Crippen LogP contribution < -0.4 is 14.8 Å². The fraction of sp³-hybridized carbons (Fsp3) is 0.500. The van der Waals surface area contributed by atoms with Crippen molar-refractivity contribution in [3.63, 3.8) is 0 Å². The first-order valence-electron chi connectivity index (χ1n) is 5.95. The van der Waals surface area contributed by atoms with Crippen molar-refractivity contribution in [2.45, 2.75) is 6.54 Å². The zero-order chi connectivity index (χ0) is 12.5. The summed E-state index contributed by atoms with van der Waals surface area (Å²) in [6.45, 7) is 4.53. The van der Waals surface area contributed by atoms with Crippen molar-refractivity contribution in [1.82, 2.24) is 10.2 Å². The molecule has 0 bridgehead atoms. The zero-order valence-corrected chi connectivity index (χ0v) is 11.4. The van der Waals surface area contributed by atoms with Gasteiger partial charge in [0.2, 0.25) is 6.79 Å². The average Bonchev–Trinajstić information content (AvgIpc) is 2.85. The number of ether oxygens (including phenoxy) is 2. The molecule has 1 aromatic carbocycles. The van der Waals surface area contributed by atoms with Crippen molar-refractivity contribution < 1.29 is 13.9 Å². The number of nitrogens with zero attached hydrogens (tertiary/aromatic N) is 1. The fourth-order valence-electron chi connectivity index (χ4n) is 2.25. The summed E-state index contributed by atoms with van der Waals surface area (Å²) in [6, 6.07) is 1.74. The van der Waals surface area contributed by atoms with Crippen molar-refractivity contribution in [2.75, 3.05) is 33.0 Å². The highest BCUT2D eigenvalue weighted by atomic mass is 79.9. The molecule has 1 aromatic rings. The molecule has 1 saturated heterocycles. The van der Waals surface area contributed by atoms with Crippen LogP contribution in [0.15, 0.2) is 10.5 Å². The molecule has 2 aliphatic heterocycles. The van der Waals surface area contributed by atoms with Gasteiger partial charge >= 0.3 is 0 Å². The van der Waals surface area contributed by atoms with E-state index in [-0.39, 0.29) is 12.6 Å². The minimum absolute atomic E-state index is 0.157. The summed E-state index contributed by atoms with van der Waals surface area (Å²) < 4.78 is 25.1. The fourth-order valence-corrected chi connectivity index (χ4v) is 2.82. The van der Waals surface area contributed by atoms with Crippen LogP contribution in [0.5, 0.6) is 11.5 Å². The number of piperazine rings is 1. The molecule has 1 fully saturated rings. The summed E-state index contributed by atoms with van der Waals surface area (Å²) in [6.07, 6.45) is 0. The molecule has 3 rings (SSSR count). The van der Waals surface area contributed by atoms with Gasteiger partial charge in [0.25, 0.3) is 0 Å². The van der Waals surface area contributed by atoms with Crippen LogP contribution in [-0.4, -0.2) is 37.9 Å². The first kappa shape index (κ1) is 12.2. The normalized spacial score (nSPS) is 19.2. The molecular weight excluding hydrogens is 303 g/mol. The van der Waals surface area contributed by atoms with Crippen LogP contribution in [0.25, 0.3) is 0 Å². The second-order valence-corrected chi connectivity index (χ2v) is 5.22. The molecule has 0 saturated carbocycles. The molecule has 0 radical (unpaired) electrons. The van der Waals surface area contributed by atoms with Crippen molar-refractivity contribution in [1.29, 1.82) is 0 Å². The standard InChI is InChI=1S/C12H14BrFN2O2/c13-10-11(14)8(5-9-12(10)18-7-17-9)6-16-3-1-15-2-4-16/h5,15H,1-4,6-7H2. The quantitative estimate of drug-likeness (QED) is 0.901. The third-order valence-electron chi connectivity index (χ3n) is 3.22. The minimum Gasteiger partial charge on any atom is -0.454 e. The SMILES string of the molecule is Fc1c(CN2CCNCC2)cc2c(c1Br)OCO2. The molecule has 4 nitrogen and oxygen atoms in total. The molecule has 0 unspecified atom stereocenters. The Hall–Kier alpha value is -0.850. The highest BCUT2D eigenvalue weighted by molar-refractivity contribution is 9.10. The van der Waals surface area contributed by atoms with Crippen molar-refractivity contribution in [3.05, 3.63) is 21.9 Å². The number of rotatable bonds is 2. The van der Waals surface area contributed by atoms with Gasteiger partial charge in [0, 0.05) is 38.3 Å². The highest BCUT2D eigenvalue weighted by Crippen LogP contribution is 2.42. The predicted octanol–water partition coefficient (Wildman–Crippen LogP) is 1.72. The number of halogens is 2. The van der Waals surface area contributed by atoms with E-state index in [1.54, 1.807) is 6.07 Å². The molecular formula is C12H14BrFN2O2. The van der Waals surface area contributed by atoms with E-state index in [0.29, 0.717) is 28.1 Å². The Morgan fingerprint density at radius 3 is 2.89 bits per heavy atom. The van der Waals surface area contributed by atoms with Gasteiger partial charge < -0.3 is 14.8 Å². The van der Waals surface area contributed by atoms with Gasteiger partial charge in [0.1, 0.15) is 5.82 Å². The summed E-state index contributed by atoms with van der Waals surface area (Å²) in [5.74, 6) is 0.836. The van der Waals surface area contributed by atoms with Gasteiger partial charge in [-0.2, -0.15) is 0 Å². The summed E-state index contributed by atoms with van der Waals surface area (Å²) in [5, 5.41) is 3.28. The van der Waals surface area contributed by atoms with E-state index in [4.69, 9.17) is 9.47 Å². The maximum atomic E-state index is 14.2. The number of benzene rings is 1. The van der Waals surface area contributed by atoms with E-state index in [0.717, 1.165) is 26.2 Å². The van der Waals surface area contributed by atoms with E-state index in [1.165, 1.54) is 0 Å². The summed E-state index contributed by atoms with van der Waals surface area (Å²) in [5.41, 5.74) is 0.646. The Morgan fingerprint density at radius 1 is 1.33 bits per heavy atom. The molecule has 98 valence electrons. The Kier molecular flexibility index (Phi) is 3.41. The van der Waals surface area contributed by atoms with E-state index in [9.17, 15) is 4.39 Å². The maximum Gasteiger partial charge on any atom is 0.231 e. The molecule has 2 aliphatic rings. The topological polar surface area (TPSA) is 33.7 Å². The van der Waals surface area contributed by atoms with Crippen LogP contribution >= 0.6 is 15.9 Å². The molecule has 6 heteroatoms. The molecule has 18 heavy (non-hydrogen) atoms. The largest absolute Gasteiger partial charge is 0.454 e. The van der Waals surface area contributed by atoms with Crippen molar-refractivity contribution in [3.8, 4) is 11.5 Å². The first-order chi connectivity index (χ1) is 8.75. The lowest BCUT2D eigenvalue weighted by Crippen LogP contribution is -2.43. The van der Waals surface area contributed by atoms with Gasteiger partial charge in [0.15, 0.2) is 11.5 Å². The van der Waals surface area contributed by atoms with E-state index in [1.807, 2.05) is 0 Å². The summed E-state index contributed by atoms with van der Waals surface area (Å²) >= 11 is 3.24. The van der Waals surface area contributed by atoms with Gasteiger partial charge in [-0.15, -0.1) is 0 Å². The Labute approximate surface area is 113 Å². The second-order valence-electron chi connectivity index (χ2n) is 4.42. The van der Waals surface area contributed by atoms with Gasteiger partial charge in [-0.3, -0.25) is 4.90 Å². The van der Waals surface area contributed by atoms with Gasteiger partial charge in [-0.1, -0.05) is 0 Å². The predicted molar refractivity (Wildman–Crippen MR) is 68.4 cm³/mol. The lowest BCUT2D eigenvalue weighted by Gasteiger charge is -2.27. The molecule has 0 spiro atoms. The molecule has 0 aromatic heterocycles. The van der Waals surface area contributed by atoms with Gasteiger partial charge in [0.05, 0.1) is 4.47 Å². The van der Waals surface area contributed by atoms with Crippen LogP contribution in [0.1, 0.15) is 5.56 Å². The van der Waals surface area contributed by atoms with Crippen LogP contribution in [-0.2, 0) is 6.54 Å². The number of hydrogen-bond donors (Lipinski definition) is 1. The zero-order valence-electron chi connectivity index (χ0n) is 9.84. The molecule has 0 amide bonds. The van der Waals surface area contributed by atoms with Crippen LogP contribution in [0.4, 0.5) is 4.39 Å². The Morgan fingerprint density at radius 2 is 2.11 bits per heavy atom. The first-order valence-corrected chi connectivity index (χ1v) is 6.74. The number of nitrogens with one attached hydrogen (secondary N) is 1. The Bertz CT molecular complexity index is 464. The maximum absolute atomic E-state index is 14.2. The van der Waals surface area contributed by atoms with E-state index < -0.39 is 0 Å². The van der Waals surface area contributed by atoms with Crippen LogP contribution in [0, 0.1) is 5.82 Å². The lowest BCUT2D eigenvalue weighted by atomic mass is 10.1. The summed E-state index contributed by atoms with van der Waals surface area (Å²) in [4.78, 5) is 2.23. The average molecular weight is 317 g/mol. The van der Waals surface area contributed by atoms with Crippen molar-refractivity contribution >= 4 is 15.9 Å². The Balaban J connectivity index is 1.85. The molecule has 2 heterocycles. The third kappa shape index (κ3) is 2.20. The second kappa shape index (κ2) is 5.03. The molecule has 0 aliphatic carbocycles. The smallest absolute Gasteiger partial charge is 0.231 e. The monoisotopic (exact) mass is 316 g/mol. The van der Waals surface area contributed by atoms with Crippen LogP contribution in [0.3, 0.4) is 0 Å².